The number of Topliss-reactive ketones (excluding diaryl/α,β-unsaturated/α-hetero) is 1. The SMILES string of the molecule is CC1(C)CC(=O)C2=C(C1)NC1N=NC=C1C21CCCN(S(=O)(=O)Cc2ccccc2)CC1. The van der Waals surface area contributed by atoms with Crippen molar-refractivity contribution in [1.82, 2.24) is 9.62 Å². The van der Waals surface area contributed by atoms with Crippen LogP contribution in [0, 0.1) is 10.8 Å². The predicted octanol–water partition coefficient (Wildman–Crippen LogP) is 3.91. The number of carbonyl (C=O) groups excluding carboxylic acids is 1. The van der Waals surface area contributed by atoms with Gasteiger partial charge in [0.15, 0.2) is 11.9 Å². The summed E-state index contributed by atoms with van der Waals surface area (Å²) < 4.78 is 28.1. The molecule has 7 nitrogen and oxygen atoms in total. The molecular weight excluding hydrogens is 424 g/mol. The second-order valence-electron chi connectivity index (χ2n) is 10.2. The van der Waals surface area contributed by atoms with Gasteiger partial charge in [-0.1, -0.05) is 44.2 Å². The molecule has 32 heavy (non-hydrogen) atoms. The third-order valence-electron chi connectivity index (χ3n) is 7.28. The molecule has 1 fully saturated rings. The predicted molar refractivity (Wildman–Crippen MR) is 122 cm³/mol. The van der Waals surface area contributed by atoms with Crippen molar-refractivity contribution in [3.05, 3.63) is 58.9 Å². The van der Waals surface area contributed by atoms with Crippen LogP contribution < -0.4 is 5.32 Å². The first-order valence-corrected chi connectivity index (χ1v) is 13.0. The first-order chi connectivity index (χ1) is 15.2. The molecule has 1 aromatic carbocycles. The highest BCUT2D eigenvalue weighted by Gasteiger charge is 2.53. The van der Waals surface area contributed by atoms with Crippen LogP contribution in [0.3, 0.4) is 0 Å². The van der Waals surface area contributed by atoms with Gasteiger partial charge in [0, 0.05) is 41.8 Å². The van der Waals surface area contributed by atoms with Crippen LogP contribution in [-0.4, -0.2) is 37.8 Å². The maximum absolute atomic E-state index is 13.4. The number of ketones is 1. The van der Waals surface area contributed by atoms with Crippen molar-refractivity contribution in [2.45, 2.75) is 57.9 Å². The van der Waals surface area contributed by atoms with Gasteiger partial charge in [-0.2, -0.15) is 10.2 Å². The Kier molecular flexibility index (Phi) is 5.13. The van der Waals surface area contributed by atoms with Gasteiger partial charge < -0.3 is 5.32 Å². The first-order valence-electron chi connectivity index (χ1n) is 11.4. The number of hydrogen-bond donors (Lipinski definition) is 1. The standard InChI is InChI=1S/C24H30N4O3S/c1-23(2)13-19-21(20(29)14-23)24(18-15-25-27-22(18)26-19)9-6-11-28(12-10-24)32(30,31)16-17-7-4-3-5-8-17/h3-5,7-8,15,22,26H,6,9-14,16H2,1-2H3. The Morgan fingerprint density at radius 2 is 1.91 bits per heavy atom. The molecule has 5 rings (SSSR count). The maximum atomic E-state index is 13.4. The van der Waals surface area contributed by atoms with Crippen LogP contribution in [0.15, 0.2) is 63.6 Å². The summed E-state index contributed by atoms with van der Waals surface area (Å²) in [6.07, 6.45) is 4.88. The van der Waals surface area contributed by atoms with Gasteiger partial charge in [-0.05, 0) is 36.7 Å². The molecule has 2 atom stereocenters. The van der Waals surface area contributed by atoms with Gasteiger partial charge >= 0.3 is 0 Å². The van der Waals surface area contributed by atoms with Crippen molar-refractivity contribution in [3.63, 3.8) is 0 Å². The maximum Gasteiger partial charge on any atom is 0.218 e. The van der Waals surface area contributed by atoms with E-state index in [9.17, 15) is 13.2 Å². The molecule has 2 unspecified atom stereocenters. The van der Waals surface area contributed by atoms with Crippen LogP contribution in [-0.2, 0) is 20.6 Å². The molecule has 1 aromatic rings. The van der Waals surface area contributed by atoms with Crippen LogP contribution in [0.1, 0.15) is 51.5 Å². The third kappa shape index (κ3) is 3.63. The number of azo groups is 1. The Morgan fingerprint density at radius 3 is 2.69 bits per heavy atom. The molecule has 3 heterocycles. The van der Waals surface area contributed by atoms with Gasteiger partial charge in [-0.25, -0.2) is 12.7 Å². The Hall–Kier alpha value is -2.32. The number of allylic oxidation sites excluding steroid dienone is 2. The number of benzene rings is 1. The Balaban J connectivity index is 1.47. The highest BCUT2D eigenvalue weighted by Crippen LogP contribution is 2.55. The number of hydrogen-bond acceptors (Lipinski definition) is 6. The molecule has 3 aliphatic heterocycles. The van der Waals surface area contributed by atoms with Gasteiger partial charge in [0.2, 0.25) is 10.0 Å². The van der Waals surface area contributed by atoms with E-state index in [1.807, 2.05) is 30.3 Å². The smallest absolute Gasteiger partial charge is 0.218 e. The van der Waals surface area contributed by atoms with Gasteiger partial charge in [-0.15, -0.1) is 0 Å². The molecule has 0 bridgehead atoms. The molecule has 8 heteroatoms. The van der Waals surface area contributed by atoms with Gasteiger partial charge in [-0.3, -0.25) is 4.79 Å². The van der Waals surface area contributed by atoms with E-state index >= 15 is 0 Å². The zero-order chi connectivity index (χ0) is 22.6. The molecule has 0 radical (unpaired) electrons. The van der Waals surface area contributed by atoms with Crippen LogP contribution >= 0.6 is 0 Å². The monoisotopic (exact) mass is 454 g/mol. The van der Waals surface area contributed by atoms with E-state index in [0.29, 0.717) is 32.4 Å². The molecule has 1 spiro atoms. The summed E-state index contributed by atoms with van der Waals surface area (Å²) in [4.78, 5) is 13.4. The summed E-state index contributed by atoms with van der Waals surface area (Å²) >= 11 is 0. The Bertz CT molecular complexity index is 1140. The largest absolute Gasteiger partial charge is 0.362 e. The third-order valence-corrected chi connectivity index (χ3v) is 9.13. The normalized spacial score (nSPS) is 29.9. The number of sulfonamides is 1. The lowest BCUT2D eigenvalue weighted by Crippen LogP contribution is -2.49. The second kappa shape index (κ2) is 7.63. The zero-order valence-electron chi connectivity index (χ0n) is 18.7. The molecule has 170 valence electrons. The van der Waals surface area contributed by atoms with Crippen molar-refractivity contribution in [2.24, 2.45) is 21.1 Å². The van der Waals surface area contributed by atoms with E-state index in [2.05, 4.69) is 29.4 Å². The summed E-state index contributed by atoms with van der Waals surface area (Å²) in [6, 6.07) is 9.31. The number of fused-ring (bicyclic) bond motifs is 3. The van der Waals surface area contributed by atoms with Crippen LogP contribution in [0.25, 0.3) is 0 Å². The minimum atomic E-state index is -3.45. The van der Waals surface area contributed by atoms with E-state index in [0.717, 1.165) is 35.2 Å². The minimum absolute atomic E-state index is 0.000546. The molecule has 4 aliphatic rings. The van der Waals surface area contributed by atoms with Crippen molar-refractivity contribution >= 4 is 15.8 Å². The topological polar surface area (TPSA) is 91.2 Å². The van der Waals surface area contributed by atoms with E-state index in [4.69, 9.17) is 0 Å². The molecule has 0 aromatic heterocycles. The molecule has 1 aliphatic carbocycles. The lowest BCUT2D eigenvalue weighted by atomic mass is 9.60. The molecule has 0 amide bonds. The quantitative estimate of drug-likeness (QED) is 0.750. The van der Waals surface area contributed by atoms with Crippen molar-refractivity contribution in [3.8, 4) is 0 Å². The summed E-state index contributed by atoms with van der Waals surface area (Å²) in [5.41, 5.74) is 3.06. The van der Waals surface area contributed by atoms with Crippen LogP contribution in [0.5, 0.6) is 0 Å². The highest BCUT2D eigenvalue weighted by molar-refractivity contribution is 7.88. The average Bonchev–Trinajstić information content (AvgIpc) is 3.07. The first kappa shape index (κ1) is 21.5. The Morgan fingerprint density at radius 1 is 1.12 bits per heavy atom. The van der Waals surface area contributed by atoms with Gasteiger partial charge in [0.1, 0.15) is 0 Å². The lowest BCUT2D eigenvalue weighted by molar-refractivity contribution is -0.119. The van der Waals surface area contributed by atoms with Gasteiger partial charge in [0.05, 0.1) is 12.0 Å². The molecule has 1 saturated heterocycles. The van der Waals surface area contributed by atoms with Crippen LogP contribution in [0.2, 0.25) is 0 Å². The fourth-order valence-corrected chi connectivity index (χ4v) is 7.47. The lowest BCUT2D eigenvalue weighted by Gasteiger charge is -2.47. The van der Waals surface area contributed by atoms with E-state index in [1.54, 1.807) is 10.5 Å². The van der Waals surface area contributed by atoms with Crippen molar-refractivity contribution < 1.29 is 13.2 Å². The number of nitrogens with zero attached hydrogens (tertiary/aromatic N) is 3. The van der Waals surface area contributed by atoms with E-state index in [-0.39, 0.29) is 23.1 Å². The summed E-state index contributed by atoms with van der Waals surface area (Å²) in [5, 5.41) is 12.0. The summed E-state index contributed by atoms with van der Waals surface area (Å²) in [6.45, 7) is 5.11. The highest BCUT2D eigenvalue weighted by atomic mass is 32.2. The summed E-state index contributed by atoms with van der Waals surface area (Å²) in [7, 11) is -3.45. The molecular formula is C24H30N4O3S. The van der Waals surface area contributed by atoms with Crippen LogP contribution in [0.4, 0.5) is 0 Å². The average molecular weight is 455 g/mol. The second-order valence-corrected chi connectivity index (χ2v) is 12.2. The molecule has 1 N–H and O–H groups in total. The zero-order valence-corrected chi connectivity index (χ0v) is 19.5. The van der Waals surface area contributed by atoms with E-state index in [1.165, 1.54) is 0 Å². The van der Waals surface area contributed by atoms with E-state index < -0.39 is 15.4 Å². The fourth-order valence-electron chi connectivity index (χ4n) is 5.90. The Labute approximate surface area is 189 Å². The van der Waals surface area contributed by atoms with Crippen molar-refractivity contribution in [2.75, 3.05) is 13.1 Å². The number of carbonyl (C=O) groups is 1. The minimum Gasteiger partial charge on any atom is -0.362 e. The molecule has 0 saturated carbocycles. The van der Waals surface area contributed by atoms with Gasteiger partial charge in [0.25, 0.3) is 0 Å². The number of rotatable bonds is 3. The fraction of sp³-hybridized carbons (Fsp3) is 0.542. The summed E-state index contributed by atoms with van der Waals surface area (Å²) in [5.74, 6) is 0.176. The number of nitrogens with one attached hydrogen (secondary N) is 1. The van der Waals surface area contributed by atoms with Crippen molar-refractivity contribution in [1.29, 1.82) is 0 Å².